The molecule has 9 nitrogen and oxygen atoms in total. The lowest BCUT2D eigenvalue weighted by Crippen LogP contribution is -2.51. The molecule has 200 valence electrons. The third-order valence-electron chi connectivity index (χ3n) is 8.40. The number of nitro benzene ring substituents is 1. The van der Waals surface area contributed by atoms with E-state index in [0.717, 1.165) is 11.3 Å². The topological polar surface area (TPSA) is 123 Å². The normalized spacial score (nSPS) is 23.5. The number of nitro groups is 1. The lowest BCUT2D eigenvalue weighted by molar-refractivity contribution is -0.384. The number of Topliss-reactive ketones (excluding diaryl/α,β-unsaturated/α-hetero) is 2. The van der Waals surface area contributed by atoms with Gasteiger partial charge in [0.25, 0.3) is 5.69 Å². The zero-order valence-corrected chi connectivity index (χ0v) is 21.5. The number of pyridine rings is 1. The van der Waals surface area contributed by atoms with Crippen molar-refractivity contribution >= 4 is 40.6 Å². The first-order valence-electron chi connectivity index (χ1n) is 13.1. The number of carbonyl (C=O) groups is 3. The maximum Gasteiger partial charge on any atom is 0.269 e. The molecule has 1 N–H and O–H groups in total. The van der Waals surface area contributed by atoms with Gasteiger partial charge in [-0.15, -0.1) is 0 Å². The van der Waals surface area contributed by atoms with Crippen LogP contribution in [0.1, 0.15) is 31.8 Å². The summed E-state index contributed by atoms with van der Waals surface area (Å²) >= 11 is 0. The quantitative estimate of drug-likeness (QED) is 0.217. The summed E-state index contributed by atoms with van der Waals surface area (Å²) in [5, 5.41) is 14.3. The van der Waals surface area contributed by atoms with Crippen LogP contribution in [-0.2, 0) is 10.2 Å². The van der Waals surface area contributed by atoms with Gasteiger partial charge in [0.05, 0.1) is 16.9 Å². The number of benzene rings is 3. The van der Waals surface area contributed by atoms with Gasteiger partial charge >= 0.3 is 0 Å². The second-order valence-electron chi connectivity index (χ2n) is 10.3. The molecule has 4 atom stereocenters. The zero-order chi connectivity index (χ0) is 28.3. The summed E-state index contributed by atoms with van der Waals surface area (Å²) in [6, 6.07) is 21.7. The number of non-ortho nitro benzene ring substituents is 1. The Morgan fingerprint density at radius 3 is 2.41 bits per heavy atom. The lowest BCUT2D eigenvalue weighted by Gasteiger charge is -2.37. The number of hydrogen-bond donors (Lipinski definition) is 1. The summed E-state index contributed by atoms with van der Waals surface area (Å²) < 4.78 is 0. The van der Waals surface area contributed by atoms with Crippen molar-refractivity contribution < 1.29 is 19.3 Å². The third-order valence-corrected chi connectivity index (χ3v) is 8.40. The van der Waals surface area contributed by atoms with Crippen LogP contribution in [-0.4, -0.2) is 39.5 Å². The highest BCUT2D eigenvalue weighted by Crippen LogP contribution is 2.58. The van der Waals surface area contributed by atoms with Gasteiger partial charge in [-0.1, -0.05) is 48.6 Å². The number of carbonyl (C=O) groups excluding carboxylic acids is 3. The smallest absolute Gasteiger partial charge is 0.269 e. The molecule has 7 rings (SSSR count). The molecule has 1 saturated heterocycles. The number of hydrogen-bond acceptors (Lipinski definition) is 7. The fraction of sp³-hybridized carbons (Fsp3) is 0.125. The summed E-state index contributed by atoms with van der Waals surface area (Å²) in [6.45, 7) is 0. The van der Waals surface area contributed by atoms with Crippen molar-refractivity contribution in [1.29, 1.82) is 0 Å². The standard InChI is InChI=1S/C32H22N4O5/c37-29(21-7-5-17-33-18-21)27-28(30(38)20-11-14-22(15-12-20)36(40)41)35-25-10-4-1-6-19(25)13-16-26(35)32(27)23-8-2-3-9-24(23)34-31(32)39/h1-18,26-28H,(H,34,39). The maximum atomic E-state index is 14.6. The summed E-state index contributed by atoms with van der Waals surface area (Å²) in [5.74, 6) is -2.30. The first-order valence-corrected chi connectivity index (χ1v) is 13.1. The SMILES string of the molecule is O=C(c1ccc([N+](=O)[O-])cc1)C1C(C(=O)c2cccnc2)C2(C(=O)Nc3ccccc32)C2C=Cc3ccccc3N12. The highest BCUT2D eigenvalue weighted by molar-refractivity contribution is 6.18. The van der Waals surface area contributed by atoms with E-state index in [0.29, 0.717) is 11.3 Å². The fourth-order valence-electron chi connectivity index (χ4n) is 6.73. The van der Waals surface area contributed by atoms with Gasteiger partial charge in [-0.25, -0.2) is 0 Å². The van der Waals surface area contributed by atoms with Gasteiger partial charge in [0, 0.05) is 47.0 Å². The minimum absolute atomic E-state index is 0.152. The number of fused-ring (bicyclic) bond motifs is 6. The van der Waals surface area contributed by atoms with Crippen molar-refractivity contribution in [3.63, 3.8) is 0 Å². The first-order chi connectivity index (χ1) is 19.9. The second-order valence-corrected chi connectivity index (χ2v) is 10.3. The Kier molecular flexibility index (Phi) is 5.43. The van der Waals surface area contributed by atoms with Crippen LogP contribution in [0.15, 0.2) is 103 Å². The lowest BCUT2D eigenvalue weighted by atomic mass is 9.64. The average molecular weight is 543 g/mol. The molecule has 1 aromatic heterocycles. The zero-order valence-electron chi connectivity index (χ0n) is 21.5. The van der Waals surface area contributed by atoms with Crippen molar-refractivity contribution in [1.82, 2.24) is 4.98 Å². The Morgan fingerprint density at radius 1 is 0.902 bits per heavy atom. The van der Waals surface area contributed by atoms with Gasteiger partial charge in [0.15, 0.2) is 11.6 Å². The van der Waals surface area contributed by atoms with Crippen molar-refractivity contribution in [3.8, 4) is 0 Å². The van der Waals surface area contributed by atoms with Gasteiger partial charge in [0.1, 0.15) is 11.5 Å². The number of aromatic nitrogens is 1. The van der Waals surface area contributed by atoms with Crippen LogP contribution in [0.5, 0.6) is 0 Å². The Bertz CT molecular complexity index is 1790. The van der Waals surface area contributed by atoms with E-state index < -0.39 is 34.1 Å². The van der Waals surface area contributed by atoms with Gasteiger partial charge in [-0.05, 0) is 47.5 Å². The maximum absolute atomic E-state index is 14.6. The molecule has 9 heteroatoms. The number of nitrogens with one attached hydrogen (secondary N) is 1. The van der Waals surface area contributed by atoms with Crippen molar-refractivity contribution in [2.75, 3.05) is 10.2 Å². The van der Waals surface area contributed by atoms with E-state index in [4.69, 9.17) is 0 Å². The molecule has 0 saturated carbocycles. The van der Waals surface area contributed by atoms with Gasteiger partial charge in [-0.2, -0.15) is 0 Å². The van der Waals surface area contributed by atoms with E-state index in [1.807, 2.05) is 59.5 Å². The van der Waals surface area contributed by atoms with Gasteiger partial charge in [0.2, 0.25) is 5.91 Å². The molecule has 4 unspecified atom stereocenters. The van der Waals surface area contributed by atoms with E-state index in [1.54, 1.807) is 24.4 Å². The number of para-hydroxylation sites is 2. The number of nitrogens with zero attached hydrogens (tertiary/aromatic N) is 3. The highest BCUT2D eigenvalue weighted by Gasteiger charge is 2.70. The van der Waals surface area contributed by atoms with Crippen LogP contribution in [0, 0.1) is 16.0 Å². The van der Waals surface area contributed by atoms with Crippen LogP contribution >= 0.6 is 0 Å². The largest absolute Gasteiger partial charge is 0.352 e. The summed E-state index contributed by atoms with van der Waals surface area (Å²) in [4.78, 5) is 60.2. The monoisotopic (exact) mass is 542 g/mol. The van der Waals surface area contributed by atoms with Crippen LogP contribution in [0.4, 0.5) is 17.1 Å². The van der Waals surface area contributed by atoms with Crippen molar-refractivity contribution in [2.24, 2.45) is 5.92 Å². The Balaban J connectivity index is 1.51. The predicted molar refractivity (Wildman–Crippen MR) is 152 cm³/mol. The molecule has 3 aliphatic rings. The summed E-state index contributed by atoms with van der Waals surface area (Å²) in [6.07, 6.45) is 6.83. The minimum Gasteiger partial charge on any atom is -0.352 e. The van der Waals surface area contributed by atoms with E-state index >= 15 is 0 Å². The molecule has 1 spiro atoms. The first kappa shape index (κ1) is 24.6. The van der Waals surface area contributed by atoms with Crippen LogP contribution in [0.3, 0.4) is 0 Å². The molecule has 0 aliphatic carbocycles. The number of rotatable bonds is 5. The van der Waals surface area contributed by atoms with E-state index in [-0.39, 0.29) is 28.5 Å². The van der Waals surface area contributed by atoms with Crippen LogP contribution in [0.2, 0.25) is 0 Å². The Labute approximate surface area is 234 Å². The Hall–Kier alpha value is -5.44. The summed E-state index contributed by atoms with van der Waals surface area (Å²) in [5.41, 5.74) is 1.71. The minimum atomic E-state index is -1.44. The molecule has 4 aromatic rings. The molecule has 0 bridgehead atoms. The second kappa shape index (κ2) is 9.06. The fourth-order valence-corrected chi connectivity index (χ4v) is 6.73. The highest BCUT2D eigenvalue weighted by atomic mass is 16.6. The van der Waals surface area contributed by atoms with Crippen molar-refractivity contribution in [2.45, 2.75) is 17.5 Å². The van der Waals surface area contributed by atoms with Crippen LogP contribution < -0.4 is 10.2 Å². The molecular weight excluding hydrogens is 520 g/mol. The third kappa shape index (κ3) is 3.42. The molecule has 3 aromatic carbocycles. The van der Waals surface area contributed by atoms with E-state index in [2.05, 4.69) is 10.3 Å². The molecule has 0 radical (unpaired) electrons. The molecule has 3 aliphatic heterocycles. The van der Waals surface area contributed by atoms with Gasteiger partial charge < -0.3 is 10.2 Å². The molecule has 1 fully saturated rings. The molecule has 4 heterocycles. The Morgan fingerprint density at radius 2 is 1.66 bits per heavy atom. The number of amides is 1. The molecule has 41 heavy (non-hydrogen) atoms. The number of anilines is 2. The average Bonchev–Trinajstić information content (AvgIpc) is 3.49. The summed E-state index contributed by atoms with van der Waals surface area (Å²) in [7, 11) is 0. The van der Waals surface area contributed by atoms with Gasteiger partial charge in [-0.3, -0.25) is 29.5 Å². The van der Waals surface area contributed by atoms with Crippen LogP contribution in [0.25, 0.3) is 6.08 Å². The van der Waals surface area contributed by atoms with E-state index in [9.17, 15) is 24.5 Å². The number of ketones is 2. The predicted octanol–water partition coefficient (Wildman–Crippen LogP) is 4.85. The molecular formula is C32H22N4O5. The van der Waals surface area contributed by atoms with Crippen molar-refractivity contribution in [3.05, 3.63) is 136 Å². The molecule has 1 amide bonds. The van der Waals surface area contributed by atoms with E-state index in [1.165, 1.54) is 30.5 Å².